The molecule has 0 aromatic rings. The Kier molecular flexibility index (Phi) is 6.40. The molecule has 3 unspecified atom stereocenters. The van der Waals surface area contributed by atoms with Crippen LogP contribution in [0, 0.1) is 23.7 Å². The van der Waals surface area contributed by atoms with Crippen LogP contribution in [0.1, 0.15) is 47.5 Å². The monoisotopic (exact) mass is 185 g/mol. The first kappa shape index (κ1) is 13.0. The van der Waals surface area contributed by atoms with Crippen LogP contribution < -0.4 is 5.73 Å². The van der Waals surface area contributed by atoms with Crippen molar-refractivity contribution in [2.24, 2.45) is 29.4 Å². The van der Waals surface area contributed by atoms with Gasteiger partial charge in [-0.3, -0.25) is 0 Å². The van der Waals surface area contributed by atoms with Gasteiger partial charge in [-0.1, -0.05) is 41.0 Å². The van der Waals surface area contributed by atoms with Gasteiger partial charge in [0.2, 0.25) is 0 Å². The maximum absolute atomic E-state index is 5.58. The minimum atomic E-state index is 0.775. The largest absolute Gasteiger partial charge is 0.330 e. The molecule has 0 heterocycles. The summed E-state index contributed by atoms with van der Waals surface area (Å²) in [5.41, 5.74) is 5.58. The number of nitrogens with two attached hydrogens (primary N) is 1. The Morgan fingerprint density at radius 2 is 1.62 bits per heavy atom. The first-order valence-corrected chi connectivity index (χ1v) is 5.74. The van der Waals surface area contributed by atoms with E-state index in [1.807, 2.05) is 0 Å². The lowest BCUT2D eigenvalue weighted by Gasteiger charge is -2.31. The Hall–Kier alpha value is -0.0400. The second-order valence-electron chi connectivity index (χ2n) is 4.73. The molecule has 0 fully saturated rings. The average Bonchev–Trinajstić information content (AvgIpc) is 2.05. The fourth-order valence-electron chi connectivity index (χ4n) is 2.40. The van der Waals surface area contributed by atoms with Crippen molar-refractivity contribution in [2.45, 2.75) is 47.5 Å². The van der Waals surface area contributed by atoms with E-state index in [-0.39, 0.29) is 0 Å². The molecule has 13 heavy (non-hydrogen) atoms. The third kappa shape index (κ3) is 4.12. The minimum absolute atomic E-state index is 0.775. The standard InChI is InChI=1S/C12H27N/c1-6-12(9(2)3)11(5)10(4)7-8-13/h9-12H,6-8,13H2,1-5H3. The number of hydrogen-bond acceptors (Lipinski definition) is 1. The van der Waals surface area contributed by atoms with Gasteiger partial charge in [-0.2, -0.15) is 0 Å². The van der Waals surface area contributed by atoms with Crippen LogP contribution in [0.2, 0.25) is 0 Å². The molecule has 0 saturated heterocycles. The molecule has 1 nitrogen and oxygen atoms in total. The third-order valence-electron chi connectivity index (χ3n) is 3.52. The van der Waals surface area contributed by atoms with Crippen LogP contribution in [0.4, 0.5) is 0 Å². The van der Waals surface area contributed by atoms with Crippen LogP contribution in [-0.2, 0) is 0 Å². The average molecular weight is 185 g/mol. The molecule has 0 rings (SSSR count). The van der Waals surface area contributed by atoms with Crippen molar-refractivity contribution in [3.63, 3.8) is 0 Å². The number of rotatable bonds is 6. The van der Waals surface area contributed by atoms with Crippen LogP contribution in [-0.4, -0.2) is 6.54 Å². The molecule has 80 valence electrons. The molecular formula is C12H27N. The second kappa shape index (κ2) is 6.42. The zero-order valence-electron chi connectivity index (χ0n) is 10.0. The fourth-order valence-corrected chi connectivity index (χ4v) is 2.40. The third-order valence-corrected chi connectivity index (χ3v) is 3.52. The highest BCUT2D eigenvalue weighted by Gasteiger charge is 2.23. The Balaban J connectivity index is 4.10. The quantitative estimate of drug-likeness (QED) is 0.675. The van der Waals surface area contributed by atoms with E-state index in [0.29, 0.717) is 0 Å². The lowest BCUT2D eigenvalue weighted by atomic mass is 9.75. The zero-order chi connectivity index (χ0) is 10.4. The van der Waals surface area contributed by atoms with E-state index in [1.54, 1.807) is 0 Å². The Bertz CT molecular complexity index is 120. The first-order chi connectivity index (χ1) is 6.04. The fraction of sp³-hybridized carbons (Fsp3) is 1.00. The lowest BCUT2D eigenvalue weighted by Crippen LogP contribution is -2.24. The van der Waals surface area contributed by atoms with Gasteiger partial charge in [0.05, 0.1) is 0 Å². The second-order valence-corrected chi connectivity index (χ2v) is 4.73. The van der Waals surface area contributed by atoms with Gasteiger partial charge >= 0.3 is 0 Å². The SMILES string of the molecule is CCC(C(C)C)C(C)C(C)CCN. The summed E-state index contributed by atoms with van der Waals surface area (Å²) in [5.74, 6) is 3.26. The van der Waals surface area contributed by atoms with Crippen molar-refractivity contribution in [2.75, 3.05) is 6.54 Å². The van der Waals surface area contributed by atoms with Gasteiger partial charge in [0, 0.05) is 0 Å². The van der Waals surface area contributed by atoms with Crippen LogP contribution in [0.3, 0.4) is 0 Å². The van der Waals surface area contributed by atoms with E-state index in [9.17, 15) is 0 Å². The van der Waals surface area contributed by atoms with E-state index < -0.39 is 0 Å². The Labute approximate surface area is 84.1 Å². The molecular weight excluding hydrogens is 158 g/mol. The van der Waals surface area contributed by atoms with Crippen LogP contribution in [0.5, 0.6) is 0 Å². The van der Waals surface area contributed by atoms with E-state index in [0.717, 1.165) is 30.2 Å². The summed E-state index contributed by atoms with van der Waals surface area (Å²) in [5, 5.41) is 0. The van der Waals surface area contributed by atoms with Crippen LogP contribution >= 0.6 is 0 Å². The molecule has 0 radical (unpaired) electrons. The van der Waals surface area contributed by atoms with Crippen molar-refractivity contribution in [1.82, 2.24) is 0 Å². The van der Waals surface area contributed by atoms with E-state index in [4.69, 9.17) is 5.73 Å². The van der Waals surface area contributed by atoms with E-state index in [2.05, 4.69) is 34.6 Å². The Morgan fingerprint density at radius 3 is 1.92 bits per heavy atom. The molecule has 1 heteroatoms. The predicted octanol–water partition coefficient (Wildman–Crippen LogP) is 3.29. The lowest BCUT2D eigenvalue weighted by molar-refractivity contribution is 0.193. The van der Waals surface area contributed by atoms with E-state index in [1.165, 1.54) is 12.8 Å². The molecule has 3 atom stereocenters. The molecule has 0 bridgehead atoms. The van der Waals surface area contributed by atoms with Crippen LogP contribution in [0.25, 0.3) is 0 Å². The highest BCUT2D eigenvalue weighted by Crippen LogP contribution is 2.30. The summed E-state index contributed by atoms with van der Waals surface area (Å²) >= 11 is 0. The summed E-state index contributed by atoms with van der Waals surface area (Å²) in [4.78, 5) is 0. The number of hydrogen-bond donors (Lipinski definition) is 1. The van der Waals surface area contributed by atoms with Crippen molar-refractivity contribution in [3.8, 4) is 0 Å². The molecule has 0 aliphatic carbocycles. The molecule has 0 saturated carbocycles. The minimum Gasteiger partial charge on any atom is -0.330 e. The van der Waals surface area contributed by atoms with Gasteiger partial charge < -0.3 is 5.73 Å². The van der Waals surface area contributed by atoms with Crippen molar-refractivity contribution in [1.29, 1.82) is 0 Å². The maximum Gasteiger partial charge on any atom is -0.00746 e. The molecule has 0 aliphatic heterocycles. The first-order valence-electron chi connectivity index (χ1n) is 5.74. The molecule has 0 amide bonds. The summed E-state index contributed by atoms with van der Waals surface area (Å²) in [7, 11) is 0. The zero-order valence-corrected chi connectivity index (χ0v) is 10.0. The maximum atomic E-state index is 5.58. The summed E-state index contributed by atoms with van der Waals surface area (Å²) < 4.78 is 0. The summed E-state index contributed by atoms with van der Waals surface area (Å²) in [6.07, 6.45) is 2.47. The predicted molar refractivity (Wildman–Crippen MR) is 60.6 cm³/mol. The highest BCUT2D eigenvalue weighted by atomic mass is 14.5. The van der Waals surface area contributed by atoms with Gasteiger partial charge in [0.15, 0.2) is 0 Å². The van der Waals surface area contributed by atoms with Gasteiger partial charge in [-0.05, 0) is 36.6 Å². The van der Waals surface area contributed by atoms with Crippen molar-refractivity contribution >= 4 is 0 Å². The molecule has 0 aromatic heterocycles. The highest BCUT2D eigenvalue weighted by molar-refractivity contribution is 4.73. The van der Waals surface area contributed by atoms with Gasteiger partial charge in [-0.15, -0.1) is 0 Å². The summed E-state index contributed by atoms with van der Waals surface area (Å²) in [6.45, 7) is 12.5. The molecule has 0 spiro atoms. The van der Waals surface area contributed by atoms with E-state index >= 15 is 0 Å². The van der Waals surface area contributed by atoms with Crippen molar-refractivity contribution in [3.05, 3.63) is 0 Å². The molecule has 2 N–H and O–H groups in total. The molecule has 0 aliphatic rings. The summed E-state index contributed by atoms with van der Waals surface area (Å²) in [6, 6.07) is 0. The van der Waals surface area contributed by atoms with Crippen LogP contribution in [0.15, 0.2) is 0 Å². The topological polar surface area (TPSA) is 26.0 Å². The van der Waals surface area contributed by atoms with Gasteiger partial charge in [0.25, 0.3) is 0 Å². The smallest absolute Gasteiger partial charge is 0.00746 e. The Morgan fingerprint density at radius 1 is 1.08 bits per heavy atom. The normalized spacial score (nSPS) is 18.7. The van der Waals surface area contributed by atoms with Crippen molar-refractivity contribution < 1.29 is 0 Å². The van der Waals surface area contributed by atoms with Gasteiger partial charge in [-0.25, -0.2) is 0 Å². The van der Waals surface area contributed by atoms with Gasteiger partial charge in [0.1, 0.15) is 0 Å². The molecule has 0 aromatic carbocycles.